The van der Waals surface area contributed by atoms with Gasteiger partial charge in [0.05, 0.1) is 0 Å². The molecule has 1 aliphatic carbocycles. The molecule has 1 amide bonds. The minimum atomic E-state index is 0.652. The molecule has 0 aromatic heterocycles. The molecular weight excluding hydrogens is 174 g/mol. The summed E-state index contributed by atoms with van der Waals surface area (Å²) in [5.74, 6) is 1.00. The summed E-state index contributed by atoms with van der Waals surface area (Å²) in [6, 6.07) is 0. The van der Waals surface area contributed by atoms with Crippen LogP contribution >= 0.6 is 0 Å². The first-order valence-electron chi connectivity index (χ1n) is 5.97. The molecule has 0 atom stereocenters. The summed E-state index contributed by atoms with van der Waals surface area (Å²) in [6.07, 6.45) is 9.15. The molecule has 1 saturated heterocycles. The molecule has 1 saturated carbocycles. The summed E-state index contributed by atoms with van der Waals surface area (Å²) in [4.78, 5) is 12.5. The molecule has 2 heteroatoms. The Morgan fingerprint density at radius 2 is 2.00 bits per heavy atom. The molecule has 2 nitrogen and oxygen atoms in total. The molecule has 1 aliphatic heterocycles. The quantitative estimate of drug-likeness (QED) is 0.633. The van der Waals surface area contributed by atoms with E-state index in [1.165, 1.54) is 38.5 Å². The third kappa shape index (κ3) is 1.79. The van der Waals surface area contributed by atoms with Gasteiger partial charge in [-0.05, 0) is 37.0 Å². The number of nitrogens with zero attached hydrogens (tertiary/aromatic N) is 1. The fraction of sp³-hybridized carbons (Fsp3) is 0.917. The molecule has 0 radical (unpaired) electrons. The van der Waals surface area contributed by atoms with Gasteiger partial charge in [-0.3, -0.25) is 4.79 Å². The summed E-state index contributed by atoms with van der Waals surface area (Å²) in [5, 5.41) is 0. The zero-order valence-electron chi connectivity index (χ0n) is 9.17. The van der Waals surface area contributed by atoms with Gasteiger partial charge >= 0.3 is 0 Å². The molecule has 80 valence electrons. The zero-order valence-corrected chi connectivity index (χ0v) is 9.17. The van der Waals surface area contributed by atoms with Crippen molar-refractivity contribution in [3.05, 3.63) is 0 Å². The minimum Gasteiger partial charge on any atom is -0.345 e. The predicted molar refractivity (Wildman–Crippen MR) is 56.9 cm³/mol. The zero-order chi connectivity index (χ0) is 10.0. The first kappa shape index (κ1) is 10.0. The Hall–Kier alpha value is -0.530. The van der Waals surface area contributed by atoms with E-state index in [0.29, 0.717) is 5.41 Å². The maximum Gasteiger partial charge on any atom is 0.209 e. The van der Waals surface area contributed by atoms with E-state index < -0.39 is 0 Å². The Bertz CT molecular complexity index is 198. The van der Waals surface area contributed by atoms with E-state index in [1.54, 1.807) is 0 Å². The standard InChI is InChI=1S/C12H21NO/c1-2-3-11-8-12(9-11)4-6-13(10-14)7-5-12/h10-11H,2-9H2,1H3. The topological polar surface area (TPSA) is 20.3 Å². The number of carbonyl (C=O) groups is 1. The van der Waals surface area contributed by atoms with Gasteiger partial charge in [0, 0.05) is 13.1 Å². The van der Waals surface area contributed by atoms with Crippen LogP contribution in [0.5, 0.6) is 0 Å². The van der Waals surface area contributed by atoms with Crippen molar-refractivity contribution in [3.63, 3.8) is 0 Å². The van der Waals surface area contributed by atoms with E-state index in [0.717, 1.165) is 25.4 Å². The summed E-state index contributed by atoms with van der Waals surface area (Å²) in [7, 11) is 0. The van der Waals surface area contributed by atoms with Crippen LogP contribution in [0.4, 0.5) is 0 Å². The molecule has 14 heavy (non-hydrogen) atoms. The van der Waals surface area contributed by atoms with Crippen LogP contribution in [0.25, 0.3) is 0 Å². The van der Waals surface area contributed by atoms with Crippen molar-refractivity contribution in [2.24, 2.45) is 11.3 Å². The molecular formula is C12H21NO. The van der Waals surface area contributed by atoms with Crippen LogP contribution < -0.4 is 0 Å². The Kier molecular flexibility index (Phi) is 2.80. The van der Waals surface area contributed by atoms with E-state index in [2.05, 4.69) is 6.92 Å². The van der Waals surface area contributed by atoms with Gasteiger partial charge in [-0.15, -0.1) is 0 Å². The first-order valence-corrected chi connectivity index (χ1v) is 5.97. The molecule has 0 unspecified atom stereocenters. The largest absolute Gasteiger partial charge is 0.345 e. The van der Waals surface area contributed by atoms with Gasteiger partial charge in [-0.2, -0.15) is 0 Å². The fourth-order valence-electron chi connectivity index (χ4n) is 3.29. The molecule has 0 bridgehead atoms. The molecule has 2 aliphatic rings. The van der Waals surface area contributed by atoms with Crippen LogP contribution in [-0.4, -0.2) is 24.4 Å². The van der Waals surface area contributed by atoms with Crippen molar-refractivity contribution in [3.8, 4) is 0 Å². The van der Waals surface area contributed by atoms with E-state index >= 15 is 0 Å². The van der Waals surface area contributed by atoms with Gasteiger partial charge in [0.15, 0.2) is 0 Å². The number of hydrogen-bond acceptors (Lipinski definition) is 1. The molecule has 0 aromatic rings. The minimum absolute atomic E-state index is 0.652. The van der Waals surface area contributed by atoms with Crippen LogP contribution in [-0.2, 0) is 4.79 Å². The van der Waals surface area contributed by atoms with Gasteiger partial charge in [0.1, 0.15) is 0 Å². The van der Waals surface area contributed by atoms with E-state index in [-0.39, 0.29) is 0 Å². The number of rotatable bonds is 3. The lowest BCUT2D eigenvalue weighted by atomic mass is 9.57. The average Bonchev–Trinajstić information content (AvgIpc) is 2.17. The van der Waals surface area contributed by atoms with Crippen LogP contribution in [0.15, 0.2) is 0 Å². The van der Waals surface area contributed by atoms with Crippen molar-refractivity contribution in [1.82, 2.24) is 4.90 Å². The molecule has 0 aromatic carbocycles. The lowest BCUT2D eigenvalue weighted by Crippen LogP contribution is -2.46. The Labute approximate surface area is 86.7 Å². The van der Waals surface area contributed by atoms with Gasteiger partial charge in [-0.25, -0.2) is 0 Å². The smallest absolute Gasteiger partial charge is 0.209 e. The lowest BCUT2D eigenvalue weighted by Gasteiger charge is -2.52. The summed E-state index contributed by atoms with van der Waals surface area (Å²) >= 11 is 0. The Morgan fingerprint density at radius 1 is 1.36 bits per heavy atom. The van der Waals surface area contributed by atoms with E-state index in [1.807, 2.05) is 4.90 Å². The highest BCUT2D eigenvalue weighted by molar-refractivity contribution is 5.47. The monoisotopic (exact) mass is 195 g/mol. The van der Waals surface area contributed by atoms with Crippen LogP contribution in [0.1, 0.15) is 45.4 Å². The van der Waals surface area contributed by atoms with Gasteiger partial charge in [0.2, 0.25) is 6.41 Å². The van der Waals surface area contributed by atoms with Crippen LogP contribution in [0.2, 0.25) is 0 Å². The summed E-state index contributed by atoms with van der Waals surface area (Å²) in [5.41, 5.74) is 0.652. The van der Waals surface area contributed by atoms with Crippen molar-refractivity contribution >= 4 is 6.41 Å². The van der Waals surface area contributed by atoms with Gasteiger partial charge < -0.3 is 4.90 Å². The van der Waals surface area contributed by atoms with E-state index in [9.17, 15) is 4.79 Å². The Morgan fingerprint density at radius 3 is 2.50 bits per heavy atom. The second kappa shape index (κ2) is 3.92. The predicted octanol–water partition coefficient (Wildman–Crippen LogP) is 2.44. The first-order chi connectivity index (χ1) is 6.78. The fourth-order valence-corrected chi connectivity index (χ4v) is 3.29. The lowest BCUT2D eigenvalue weighted by molar-refractivity contribution is -0.122. The number of piperidine rings is 1. The van der Waals surface area contributed by atoms with Gasteiger partial charge in [-0.1, -0.05) is 19.8 Å². The van der Waals surface area contributed by atoms with E-state index in [4.69, 9.17) is 0 Å². The average molecular weight is 195 g/mol. The highest BCUT2D eigenvalue weighted by Crippen LogP contribution is 2.53. The number of carbonyl (C=O) groups excluding carboxylic acids is 1. The third-order valence-electron chi connectivity index (χ3n) is 4.15. The second-order valence-corrected chi connectivity index (χ2v) is 5.20. The van der Waals surface area contributed by atoms with Crippen LogP contribution in [0, 0.1) is 11.3 Å². The highest BCUT2D eigenvalue weighted by atomic mass is 16.1. The molecule has 2 rings (SSSR count). The third-order valence-corrected chi connectivity index (χ3v) is 4.15. The number of likely N-dealkylation sites (tertiary alicyclic amines) is 1. The van der Waals surface area contributed by atoms with Crippen molar-refractivity contribution in [2.75, 3.05) is 13.1 Å². The molecule has 1 spiro atoms. The summed E-state index contributed by atoms with van der Waals surface area (Å²) < 4.78 is 0. The Balaban J connectivity index is 1.77. The maximum atomic E-state index is 10.6. The SMILES string of the molecule is CCCC1CC2(CCN(C=O)CC2)C1. The number of hydrogen-bond donors (Lipinski definition) is 0. The van der Waals surface area contributed by atoms with Crippen LogP contribution in [0.3, 0.4) is 0 Å². The number of amides is 1. The van der Waals surface area contributed by atoms with Crippen molar-refractivity contribution in [2.45, 2.75) is 45.4 Å². The normalized spacial score (nSPS) is 26.2. The molecule has 2 fully saturated rings. The van der Waals surface area contributed by atoms with Crippen molar-refractivity contribution < 1.29 is 4.79 Å². The molecule has 1 heterocycles. The van der Waals surface area contributed by atoms with Gasteiger partial charge in [0.25, 0.3) is 0 Å². The molecule has 0 N–H and O–H groups in total. The van der Waals surface area contributed by atoms with Crippen molar-refractivity contribution in [1.29, 1.82) is 0 Å². The summed E-state index contributed by atoms with van der Waals surface area (Å²) in [6.45, 7) is 4.28. The second-order valence-electron chi connectivity index (χ2n) is 5.20. The maximum absolute atomic E-state index is 10.6. The highest BCUT2D eigenvalue weighted by Gasteiger charge is 2.44.